The number of nitrogens with zero attached hydrogens (tertiary/aromatic N) is 6. The highest BCUT2D eigenvalue weighted by atomic mass is 32.2. The molecule has 0 aliphatic carbocycles. The summed E-state index contributed by atoms with van der Waals surface area (Å²) in [5, 5.41) is 9.76. The minimum Gasteiger partial charge on any atom is -0.371 e. The molecule has 2 saturated heterocycles. The zero-order valence-electron chi connectivity index (χ0n) is 20.4. The molecule has 2 aromatic heterocycles. The van der Waals surface area contributed by atoms with Crippen LogP contribution in [-0.4, -0.2) is 58.5 Å². The molecule has 6 rings (SSSR count). The molecule has 188 valence electrons. The summed E-state index contributed by atoms with van der Waals surface area (Å²) < 4.78 is 44.9. The maximum atomic E-state index is 13.4. The van der Waals surface area contributed by atoms with Gasteiger partial charge < -0.3 is 4.90 Å². The minimum absolute atomic E-state index is 0.272. The van der Waals surface area contributed by atoms with Gasteiger partial charge in [0.25, 0.3) is 0 Å². The van der Waals surface area contributed by atoms with Gasteiger partial charge in [-0.1, -0.05) is 6.92 Å². The van der Waals surface area contributed by atoms with Gasteiger partial charge in [-0.3, -0.25) is 4.68 Å². The summed E-state index contributed by atoms with van der Waals surface area (Å²) in [6, 6.07) is 10.6. The molecule has 0 unspecified atom stereocenters. The molecule has 0 N–H and O–H groups in total. The van der Waals surface area contributed by atoms with E-state index in [4.69, 9.17) is 0 Å². The van der Waals surface area contributed by atoms with Crippen LogP contribution in [-0.2, 0) is 16.6 Å². The maximum Gasteiger partial charge on any atom is 0.246 e. The van der Waals surface area contributed by atoms with Crippen molar-refractivity contribution in [1.82, 2.24) is 23.9 Å². The van der Waals surface area contributed by atoms with Crippen molar-refractivity contribution in [2.45, 2.75) is 31.7 Å². The van der Waals surface area contributed by atoms with E-state index >= 15 is 0 Å². The molecule has 2 aliphatic heterocycles. The molecule has 4 heterocycles. The van der Waals surface area contributed by atoms with Crippen LogP contribution in [0, 0.1) is 24.6 Å². The summed E-state index contributed by atoms with van der Waals surface area (Å²) in [7, 11) is -3.53. The van der Waals surface area contributed by atoms with Gasteiger partial charge in [0.2, 0.25) is 10.0 Å². The molecule has 0 spiro atoms. The van der Waals surface area contributed by atoms with Gasteiger partial charge in [0.05, 0.1) is 23.6 Å². The highest BCUT2D eigenvalue weighted by Gasteiger charge is 2.44. The fourth-order valence-corrected chi connectivity index (χ4v) is 7.13. The second kappa shape index (κ2) is 8.70. The largest absolute Gasteiger partial charge is 0.371 e. The highest BCUT2D eigenvalue weighted by Crippen LogP contribution is 2.38. The van der Waals surface area contributed by atoms with Crippen molar-refractivity contribution in [1.29, 1.82) is 0 Å². The molecule has 8 nitrogen and oxygen atoms in total. The number of hydrogen-bond donors (Lipinski definition) is 0. The lowest BCUT2D eigenvalue weighted by Gasteiger charge is -2.24. The van der Waals surface area contributed by atoms with Gasteiger partial charge in [-0.05, 0) is 67.1 Å². The quantitative estimate of drug-likeness (QED) is 0.396. The Morgan fingerprint density at radius 1 is 1.00 bits per heavy atom. The van der Waals surface area contributed by atoms with Crippen molar-refractivity contribution in [3.63, 3.8) is 0 Å². The lowest BCUT2D eigenvalue weighted by atomic mass is 10.0. The van der Waals surface area contributed by atoms with E-state index in [0.717, 1.165) is 47.4 Å². The van der Waals surface area contributed by atoms with Crippen molar-refractivity contribution in [2.24, 2.45) is 11.8 Å². The molecule has 4 aromatic rings. The number of aromatic nitrogens is 4. The zero-order valence-corrected chi connectivity index (χ0v) is 21.2. The third-order valence-corrected chi connectivity index (χ3v) is 9.23. The summed E-state index contributed by atoms with van der Waals surface area (Å²) in [6.07, 6.45) is 5.86. The zero-order chi connectivity index (χ0) is 25.0. The Hall–Kier alpha value is -3.24. The van der Waals surface area contributed by atoms with Crippen LogP contribution in [0.5, 0.6) is 0 Å². The average molecular weight is 509 g/mol. The number of benzene rings is 2. The molecule has 2 aliphatic rings. The van der Waals surface area contributed by atoms with Crippen molar-refractivity contribution < 1.29 is 12.8 Å². The lowest BCUT2D eigenvalue weighted by molar-refractivity contribution is 0.453. The van der Waals surface area contributed by atoms with Gasteiger partial charge in [0.15, 0.2) is 0 Å². The fourth-order valence-electron chi connectivity index (χ4n) is 5.62. The Labute approximate surface area is 210 Å². The minimum atomic E-state index is -3.53. The number of aryl methyl sites for hydroxylation is 2. The first-order valence-electron chi connectivity index (χ1n) is 12.4. The Balaban J connectivity index is 1.19. The van der Waals surface area contributed by atoms with Crippen LogP contribution in [0.1, 0.15) is 18.9 Å². The lowest BCUT2D eigenvalue weighted by Crippen LogP contribution is -2.33. The Morgan fingerprint density at radius 3 is 2.42 bits per heavy atom. The van der Waals surface area contributed by atoms with Crippen molar-refractivity contribution in [3.8, 4) is 5.69 Å². The molecule has 2 fully saturated rings. The first-order valence-corrected chi connectivity index (χ1v) is 13.8. The molecule has 0 radical (unpaired) electrons. The Kier molecular flexibility index (Phi) is 5.60. The number of fused-ring (bicyclic) bond motifs is 2. The average Bonchev–Trinajstić information content (AvgIpc) is 3.62. The Bertz CT molecular complexity index is 1510. The van der Waals surface area contributed by atoms with Crippen molar-refractivity contribution in [2.75, 3.05) is 31.1 Å². The summed E-state index contributed by atoms with van der Waals surface area (Å²) in [6.45, 7) is 7.56. The standard InChI is InChI=1S/C26H29FN6O2S/c1-3-8-31-17-24(12-28-31)36(34,35)32-15-20-13-30(14-21(20)16-32)25-10-19-11-29-33(26(19)9-18(25)2)23-6-4-22(27)5-7-23/h4-7,9-12,17,20-21H,3,8,13-16H2,1-2H3/t20-,21+. The SMILES string of the molecule is CCCn1cc(S(=O)(=O)N2C[C@H]3CN(c4cc5cnn(-c6ccc(F)cc6)c5cc4C)C[C@H]3C2)cn1. The van der Waals surface area contributed by atoms with Crippen LogP contribution in [0.15, 0.2) is 59.9 Å². The van der Waals surface area contributed by atoms with Crippen molar-refractivity contribution >= 4 is 26.6 Å². The molecule has 0 amide bonds. The predicted octanol–water partition coefficient (Wildman–Crippen LogP) is 3.84. The van der Waals surface area contributed by atoms with Gasteiger partial charge in [0.1, 0.15) is 10.7 Å². The number of sulfonamides is 1. The van der Waals surface area contributed by atoms with E-state index in [9.17, 15) is 12.8 Å². The number of hydrogen-bond acceptors (Lipinski definition) is 5. The van der Waals surface area contributed by atoms with E-state index in [-0.39, 0.29) is 10.7 Å². The van der Waals surface area contributed by atoms with E-state index in [1.54, 1.807) is 27.3 Å². The van der Waals surface area contributed by atoms with E-state index in [1.165, 1.54) is 18.3 Å². The first-order chi connectivity index (χ1) is 17.3. The summed E-state index contributed by atoms with van der Waals surface area (Å²) in [4.78, 5) is 2.66. The van der Waals surface area contributed by atoms with Crippen LogP contribution >= 0.6 is 0 Å². The number of halogens is 1. The first kappa shape index (κ1) is 23.2. The molecule has 10 heteroatoms. The summed E-state index contributed by atoms with van der Waals surface area (Å²) in [5.41, 5.74) is 4.09. The molecular weight excluding hydrogens is 479 g/mol. The number of anilines is 1. The van der Waals surface area contributed by atoms with Crippen molar-refractivity contribution in [3.05, 3.63) is 66.4 Å². The molecule has 0 bridgehead atoms. The highest BCUT2D eigenvalue weighted by molar-refractivity contribution is 7.89. The predicted molar refractivity (Wildman–Crippen MR) is 136 cm³/mol. The Morgan fingerprint density at radius 2 is 1.72 bits per heavy atom. The molecule has 36 heavy (non-hydrogen) atoms. The van der Waals surface area contributed by atoms with Crippen LogP contribution in [0.25, 0.3) is 16.6 Å². The van der Waals surface area contributed by atoms with Gasteiger partial charge >= 0.3 is 0 Å². The monoisotopic (exact) mass is 508 g/mol. The molecular formula is C26H29FN6O2S. The van der Waals surface area contributed by atoms with Crippen LogP contribution in [0.3, 0.4) is 0 Å². The molecule has 2 atom stereocenters. The van der Waals surface area contributed by atoms with E-state index in [1.807, 2.05) is 17.8 Å². The topological polar surface area (TPSA) is 76.3 Å². The normalized spacial score (nSPS) is 20.5. The molecule has 0 saturated carbocycles. The van der Waals surface area contributed by atoms with Crippen LogP contribution in [0.4, 0.5) is 10.1 Å². The van der Waals surface area contributed by atoms with E-state index in [2.05, 4.69) is 34.2 Å². The van der Waals surface area contributed by atoms with Gasteiger partial charge in [-0.15, -0.1) is 0 Å². The van der Waals surface area contributed by atoms with Gasteiger partial charge in [0, 0.05) is 50.0 Å². The van der Waals surface area contributed by atoms with Crippen LogP contribution in [0.2, 0.25) is 0 Å². The second-order valence-electron chi connectivity index (χ2n) is 9.92. The van der Waals surface area contributed by atoms with E-state index in [0.29, 0.717) is 31.5 Å². The maximum absolute atomic E-state index is 13.4. The van der Waals surface area contributed by atoms with Gasteiger partial charge in [-0.2, -0.15) is 14.5 Å². The van der Waals surface area contributed by atoms with Crippen LogP contribution < -0.4 is 4.90 Å². The summed E-state index contributed by atoms with van der Waals surface area (Å²) >= 11 is 0. The fraction of sp³-hybridized carbons (Fsp3) is 0.385. The molecule has 2 aromatic carbocycles. The smallest absolute Gasteiger partial charge is 0.246 e. The van der Waals surface area contributed by atoms with Gasteiger partial charge in [-0.25, -0.2) is 17.5 Å². The third-order valence-electron chi connectivity index (χ3n) is 7.45. The number of rotatable bonds is 6. The summed E-state index contributed by atoms with van der Waals surface area (Å²) in [5.74, 6) is 0.316. The second-order valence-corrected chi connectivity index (χ2v) is 11.9. The third kappa shape index (κ3) is 3.88. The van der Waals surface area contributed by atoms with E-state index < -0.39 is 10.0 Å².